The van der Waals surface area contributed by atoms with E-state index in [0.717, 1.165) is 0 Å². The quantitative estimate of drug-likeness (QED) is 0.867. The number of rotatable bonds is 3. The number of thiazole rings is 1. The number of carboxylic acids is 1. The minimum atomic E-state index is -4.81. The molecule has 0 unspecified atom stereocenters. The molecule has 0 aromatic carbocycles. The van der Waals surface area contributed by atoms with Crippen molar-refractivity contribution in [3.63, 3.8) is 0 Å². The lowest BCUT2D eigenvalue weighted by molar-refractivity contribution is -0.166. The highest BCUT2D eigenvalue weighted by Crippen LogP contribution is 2.35. The van der Waals surface area contributed by atoms with Crippen LogP contribution in [-0.4, -0.2) is 21.0 Å². The van der Waals surface area contributed by atoms with E-state index in [1.807, 2.05) is 0 Å². The number of alkyl halides is 5. The molecule has 0 atom stereocenters. The van der Waals surface area contributed by atoms with Crippen molar-refractivity contribution in [1.29, 1.82) is 0 Å². The zero-order chi connectivity index (χ0) is 16.7. The summed E-state index contributed by atoms with van der Waals surface area (Å²) in [6.07, 6.45) is -4.48. The zero-order valence-electron chi connectivity index (χ0n) is 10.2. The maximum absolute atomic E-state index is 13.6. The highest BCUT2D eigenvalue weighted by atomic mass is 32.1. The Hall–Kier alpha value is -2.17. The smallest absolute Gasteiger partial charge is 0.417 e. The summed E-state index contributed by atoms with van der Waals surface area (Å²) in [4.78, 5) is 16.8. The SMILES string of the molecule is O=C(O)C(F)(F)c1csc(-c2ncc(C(F)(F)F)cc2F)n1. The van der Waals surface area contributed by atoms with Crippen molar-refractivity contribution in [2.24, 2.45) is 0 Å². The van der Waals surface area contributed by atoms with E-state index in [9.17, 15) is 31.1 Å². The average molecular weight is 342 g/mol. The second-order valence-corrected chi connectivity index (χ2v) is 4.83. The van der Waals surface area contributed by atoms with E-state index in [0.29, 0.717) is 22.9 Å². The Morgan fingerprint density at radius 2 is 1.86 bits per heavy atom. The fraction of sp³-hybridized carbons (Fsp3) is 0.182. The van der Waals surface area contributed by atoms with Gasteiger partial charge in [-0.2, -0.15) is 22.0 Å². The molecule has 0 amide bonds. The molecule has 2 heterocycles. The molecule has 0 fully saturated rings. The van der Waals surface area contributed by atoms with E-state index < -0.39 is 45.8 Å². The molecule has 0 aliphatic rings. The Morgan fingerprint density at radius 3 is 2.36 bits per heavy atom. The van der Waals surface area contributed by atoms with Gasteiger partial charge in [0.2, 0.25) is 0 Å². The van der Waals surface area contributed by atoms with E-state index in [1.165, 1.54) is 0 Å². The minimum absolute atomic E-state index is 0.152. The third-order valence-corrected chi connectivity index (χ3v) is 3.31. The van der Waals surface area contributed by atoms with Gasteiger partial charge in [-0.3, -0.25) is 0 Å². The monoisotopic (exact) mass is 342 g/mol. The van der Waals surface area contributed by atoms with Crippen LogP contribution in [0.3, 0.4) is 0 Å². The summed E-state index contributed by atoms with van der Waals surface area (Å²) in [5, 5.41) is 8.57. The van der Waals surface area contributed by atoms with Gasteiger partial charge in [0.25, 0.3) is 0 Å². The molecular weight excluding hydrogens is 338 g/mol. The summed E-state index contributed by atoms with van der Waals surface area (Å²) < 4.78 is 77.2. The number of aromatic nitrogens is 2. The minimum Gasteiger partial charge on any atom is -0.476 e. The average Bonchev–Trinajstić information content (AvgIpc) is 2.87. The normalized spacial score (nSPS) is 12.5. The van der Waals surface area contributed by atoms with Crippen molar-refractivity contribution in [2.45, 2.75) is 12.1 Å². The predicted octanol–water partition coefficient (Wildman–Crippen LogP) is 3.54. The van der Waals surface area contributed by atoms with Gasteiger partial charge in [0.05, 0.1) is 5.56 Å². The van der Waals surface area contributed by atoms with Crippen LogP contribution >= 0.6 is 11.3 Å². The second kappa shape index (κ2) is 5.23. The van der Waals surface area contributed by atoms with Crippen molar-refractivity contribution in [3.8, 4) is 10.7 Å². The van der Waals surface area contributed by atoms with Gasteiger partial charge in [-0.05, 0) is 6.07 Å². The van der Waals surface area contributed by atoms with E-state index >= 15 is 0 Å². The Balaban J connectivity index is 2.42. The van der Waals surface area contributed by atoms with Gasteiger partial charge in [-0.25, -0.2) is 19.2 Å². The summed E-state index contributed by atoms with van der Waals surface area (Å²) in [5.41, 5.74) is -3.17. The Bertz CT molecular complexity index is 728. The lowest BCUT2D eigenvalue weighted by atomic mass is 10.2. The van der Waals surface area contributed by atoms with Gasteiger partial charge in [-0.1, -0.05) is 0 Å². The zero-order valence-corrected chi connectivity index (χ0v) is 11.0. The number of halogens is 6. The third kappa shape index (κ3) is 2.89. The van der Waals surface area contributed by atoms with E-state index in [-0.39, 0.29) is 6.07 Å². The molecule has 2 rings (SSSR count). The summed E-state index contributed by atoms with van der Waals surface area (Å²) in [5.74, 6) is -8.16. The van der Waals surface area contributed by atoms with Crippen LogP contribution < -0.4 is 0 Å². The van der Waals surface area contributed by atoms with Crippen LogP contribution in [-0.2, 0) is 16.9 Å². The first-order valence-corrected chi connectivity index (χ1v) is 6.21. The van der Waals surface area contributed by atoms with Crippen molar-refractivity contribution in [1.82, 2.24) is 9.97 Å². The first kappa shape index (κ1) is 16.2. The molecule has 0 aliphatic carbocycles. The number of nitrogens with zero attached hydrogens (tertiary/aromatic N) is 2. The van der Waals surface area contributed by atoms with Gasteiger partial charge in [-0.15, -0.1) is 11.3 Å². The highest BCUT2D eigenvalue weighted by Gasteiger charge is 2.43. The summed E-state index contributed by atoms with van der Waals surface area (Å²) >= 11 is 0.436. The fourth-order valence-corrected chi connectivity index (χ4v) is 2.22. The Kier molecular flexibility index (Phi) is 3.85. The van der Waals surface area contributed by atoms with Crippen LogP contribution in [0.4, 0.5) is 26.3 Å². The molecule has 2 aromatic rings. The van der Waals surface area contributed by atoms with E-state index in [2.05, 4.69) is 9.97 Å². The van der Waals surface area contributed by atoms with Crippen molar-refractivity contribution < 1.29 is 36.2 Å². The number of pyridine rings is 1. The second-order valence-electron chi connectivity index (χ2n) is 3.97. The molecule has 22 heavy (non-hydrogen) atoms. The summed E-state index contributed by atoms with van der Waals surface area (Å²) in [6.45, 7) is 0. The largest absolute Gasteiger partial charge is 0.476 e. The number of hydrogen-bond donors (Lipinski definition) is 1. The van der Waals surface area contributed by atoms with Gasteiger partial charge in [0.15, 0.2) is 5.82 Å². The number of hydrogen-bond acceptors (Lipinski definition) is 4. The van der Waals surface area contributed by atoms with Gasteiger partial charge >= 0.3 is 18.1 Å². The van der Waals surface area contributed by atoms with Crippen LogP contribution in [0, 0.1) is 5.82 Å². The molecule has 0 radical (unpaired) electrons. The van der Waals surface area contributed by atoms with E-state index in [1.54, 1.807) is 0 Å². The predicted molar refractivity (Wildman–Crippen MR) is 61.8 cm³/mol. The third-order valence-electron chi connectivity index (χ3n) is 2.47. The molecule has 4 nitrogen and oxygen atoms in total. The Morgan fingerprint density at radius 1 is 1.23 bits per heavy atom. The molecule has 118 valence electrons. The molecule has 0 spiro atoms. The summed E-state index contributed by atoms with van der Waals surface area (Å²) in [7, 11) is 0. The lowest BCUT2D eigenvalue weighted by Crippen LogP contribution is -2.25. The molecule has 0 aliphatic heterocycles. The number of aliphatic carboxylic acids is 1. The first-order valence-electron chi connectivity index (χ1n) is 5.34. The molecule has 1 N–H and O–H groups in total. The first-order chi connectivity index (χ1) is 10.0. The maximum Gasteiger partial charge on any atom is 0.417 e. The molecule has 0 saturated heterocycles. The van der Waals surface area contributed by atoms with Gasteiger partial charge in [0, 0.05) is 11.6 Å². The van der Waals surface area contributed by atoms with Crippen molar-refractivity contribution in [3.05, 3.63) is 34.7 Å². The molecule has 2 aromatic heterocycles. The summed E-state index contributed by atoms with van der Waals surface area (Å²) in [6, 6.07) is 0.152. The van der Waals surface area contributed by atoms with Gasteiger partial charge in [0.1, 0.15) is 16.4 Å². The van der Waals surface area contributed by atoms with Crippen LogP contribution in [0.15, 0.2) is 17.6 Å². The van der Waals surface area contributed by atoms with Crippen LogP contribution in [0.2, 0.25) is 0 Å². The molecule has 11 heteroatoms. The fourth-order valence-electron chi connectivity index (χ4n) is 1.39. The van der Waals surface area contributed by atoms with E-state index in [4.69, 9.17) is 5.11 Å². The Labute approximate surface area is 122 Å². The number of carbonyl (C=O) groups is 1. The van der Waals surface area contributed by atoms with Crippen molar-refractivity contribution >= 4 is 17.3 Å². The maximum atomic E-state index is 13.6. The van der Waals surface area contributed by atoms with Crippen molar-refractivity contribution in [2.75, 3.05) is 0 Å². The number of carboxylic acid groups (broad SMARTS) is 1. The topological polar surface area (TPSA) is 63.1 Å². The molecule has 0 saturated carbocycles. The van der Waals surface area contributed by atoms with Crippen LogP contribution in [0.1, 0.15) is 11.3 Å². The van der Waals surface area contributed by atoms with Crippen LogP contribution in [0.25, 0.3) is 10.7 Å². The highest BCUT2D eigenvalue weighted by molar-refractivity contribution is 7.13. The van der Waals surface area contributed by atoms with Gasteiger partial charge < -0.3 is 5.11 Å². The molecular formula is C11H4F6N2O2S. The molecule has 0 bridgehead atoms. The van der Waals surface area contributed by atoms with Crippen LogP contribution in [0.5, 0.6) is 0 Å². The lowest BCUT2D eigenvalue weighted by Gasteiger charge is -2.08. The standard InChI is InChI=1S/C11H4F6N2O2S/c12-5-1-4(11(15,16)17)2-18-7(5)8-19-6(3-22-8)10(13,14)9(20)21/h1-3H,(H,20,21).